The van der Waals surface area contributed by atoms with E-state index in [9.17, 15) is 8.42 Å². The number of unbranched alkanes of at least 4 members (excludes halogenated alkanes) is 1. The highest BCUT2D eigenvalue weighted by Gasteiger charge is 2.09. The monoisotopic (exact) mass is 238 g/mol. The lowest BCUT2D eigenvalue weighted by atomic mass is 10.1. The van der Waals surface area contributed by atoms with Crippen molar-refractivity contribution < 1.29 is 12.6 Å². The molecule has 0 aromatic carbocycles. The van der Waals surface area contributed by atoms with Crippen LogP contribution < -0.4 is 10.6 Å². The van der Waals surface area contributed by atoms with Crippen LogP contribution in [0, 0.1) is 0 Å². The predicted octanol–water partition coefficient (Wildman–Crippen LogP) is -0.0597. The summed E-state index contributed by atoms with van der Waals surface area (Å²) < 4.78 is 26.3. The number of hydrogen-bond donors (Lipinski definition) is 2. The van der Waals surface area contributed by atoms with Crippen LogP contribution in [-0.4, -0.2) is 48.0 Å². The van der Waals surface area contributed by atoms with E-state index in [-0.39, 0.29) is 12.6 Å². The summed E-state index contributed by atoms with van der Waals surface area (Å²) in [5.74, 6) is 0. The van der Waals surface area contributed by atoms with Crippen LogP contribution in [0.2, 0.25) is 0 Å². The summed E-state index contributed by atoms with van der Waals surface area (Å²) in [6.45, 7) is 1.21. The molecule has 0 radical (unpaired) electrons. The summed E-state index contributed by atoms with van der Waals surface area (Å²) in [5, 5.41) is 6.11. The zero-order chi connectivity index (χ0) is 11.7. The zero-order valence-electron chi connectivity index (χ0n) is 9.75. The Morgan fingerprint density at radius 2 is 1.93 bits per heavy atom. The standard InChI is InChI=1S/C9H22N2O3S/c1-10-7-5-4-6-9(11-2)8-14-15(3,12)13/h9-11H,4-8H2,1-3H3/t9-/m0/s1. The third-order valence-corrected chi connectivity index (χ3v) is 2.69. The van der Waals surface area contributed by atoms with Gasteiger partial charge < -0.3 is 10.6 Å². The van der Waals surface area contributed by atoms with E-state index in [1.54, 1.807) is 0 Å². The molecule has 0 spiro atoms. The molecule has 0 heterocycles. The molecule has 0 amide bonds. The Morgan fingerprint density at radius 3 is 2.40 bits per heavy atom. The fraction of sp³-hybridized carbons (Fsp3) is 1.00. The summed E-state index contributed by atoms with van der Waals surface area (Å²) in [4.78, 5) is 0. The first-order valence-corrected chi connectivity index (χ1v) is 6.97. The molecule has 0 fully saturated rings. The van der Waals surface area contributed by atoms with Crippen LogP contribution in [-0.2, 0) is 14.3 Å². The predicted molar refractivity (Wildman–Crippen MR) is 61.4 cm³/mol. The lowest BCUT2D eigenvalue weighted by molar-refractivity contribution is 0.267. The molecule has 0 aliphatic rings. The minimum absolute atomic E-state index is 0.108. The van der Waals surface area contributed by atoms with E-state index in [2.05, 4.69) is 10.6 Å². The molecular weight excluding hydrogens is 216 g/mol. The second kappa shape index (κ2) is 8.04. The van der Waals surface area contributed by atoms with Gasteiger partial charge in [-0.05, 0) is 33.5 Å². The maximum atomic E-state index is 10.8. The normalized spacial score (nSPS) is 14.1. The average Bonchev–Trinajstić information content (AvgIpc) is 2.15. The van der Waals surface area contributed by atoms with Crippen molar-refractivity contribution in [2.75, 3.05) is 33.5 Å². The SMILES string of the molecule is CNCCCC[C@@H](COS(C)(=O)=O)NC. The number of nitrogens with one attached hydrogen (secondary N) is 2. The highest BCUT2D eigenvalue weighted by Crippen LogP contribution is 2.02. The van der Waals surface area contributed by atoms with Crippen LogP contribution >= 0.6 is 0 Å². The van der Waals surface area contributed by atoms with Gasteiger partial charge >= 0.3 is 0 Å². The molecular formula is C9H22N2O3S. The van der Waals surface area contributed by atoms with Gasteiger partial charge in [-0.2, -0.15) is 8.42 Å². The van der Waals surface area contributed by atoms with Crippen molar-refractivity contribution in [3.63, 3.8) is 0 Å². The molecule has 0 unspecified atom stereocenters. The number of likely N-dealkylation sites (N-methyl/N-ethyl adjacent to an activating group) is 1. The third-order valence-electron chi connectivity index (χ3n) is 2.12. The molecule has 0 saturated carbocycles. The van der Waals surface area contributed by atoms with Gasteiger partial charge in [0.1, 0.15) is 0 Å². The van der Waals surface area contributed by atoms with Gasteiger partial charge in [-0.3, -0.25) is 4.18 Å². The fourth-order valence-electron chi connectivity index (χ4n) is 1.21. The van der Waals surface area contributed by atoms with Crippen molar-refractivity contribution in [3.8, 4) is 0 Å². The molecule has 6 heteroatoms. The quantitative estimate of drug-likeness (QED) is 0.435. The van der Waals surface area contributed by atoms with E-state index in [4.69, 9.17) is 4.18 Å². The van der Waals surface area contributed by atoms with E-state index in [0.717, 1.165) is 32.1 Å². The summed E-state index contributed by atoms with van der Waals surface area (Å²) >= 11 is 0. The van der Waals surface area contributed by atoms with Crippen LogP contribution in [0.15, 0.2) is 0 Å². The topological polar surface area (TPSA) is 67.4 Å². The van der Waals surface area contributed by atoms with E-state index < -0.39 is 10.1 Å². The average molecular weight is 238 g/mol. The van der Waals surface area contributed by atoms with Gasteiger partial charge in [-0.1, -0.05) is 6.42 Å². The molecule has 92 valence electrons. The van der Waals surface area contributed by atoms with Crippen molar-refractivity contribution in [1.82, 2.24) is 10.6 Å². The summed E-state index contributed by atoms with van der Waals surface area (Å²) in [6, 6.07) is 0.108. The first-order chi connectivity index (χ1) is 6.99. The summed E-state index contributed by atoms with van der Waals surface area (Å²) in [5.41, 5.74) is 0. The molecule has 0 aliphatic heterocycles. The molecule has 1 atom stereocenters. The van der Waals surface area contributed by atoms with Gasteiger partial charge in [0.25, 0.3) is 10.1 Å². The Morgan fingerprint density at radius 1 is 1.27 bits per heavy atom. The Kier molecular flexibility index (Phi) is 7.95. The van der Waals surface area contributed by atoms with Gasteiger partial charge in [0, 0.05) is 6.04 Å². The van der Waals surface area contributed by atoms with Crippen molar-refractivity contribution in [2.45, 2.75) is 25.3 Å². The van der Waals surface area contributed by atoms with Crippen LogP contribution in [0.5, 0.6) is 0 Å². The zero-order valence-corrected chi connectivity index (χ0v) is 10.6. The van der Waals surface area contributed by atoms with Crippen molar-refractivity contribution in [1.29, 1.82) is 0 Å². The second-order valence-electron chi connectivity index (χ2n) is 3.57. The van der Waals surface area contributed by atoms with E-state index in [1.807, 2.05) is 14.1 Å². The molecule has 2 N–H and O–H groups in total. The molecule has 5 nitrogen and oxygen atoms in total. The molecule has 15 heavy (non-hydrogen) atoms. The smallest absolute Gasteiger partial charge is 0.264 e. The Hall–Kier alpha value is -0.170. The first-order valence-electron chi connectivity index (χ1n) is 5.16. The fourth-order valence-corrected chi connectivity index (χ4v) is 1.62. The van der Waals surface area contributed by atoms with Crippen LogP contribution in [0.3, 0.4) is 0 Å². The molecule has 0 saturated heterocycles. The minimum atomic E-state index is -3.32. The third kappa shape index (κ3) is 10.1. The van der Waals surface area contributed by atoms with Gasteiger partial charge in [0.2, 0.25) is 0 Å². The van der Waals surface area contributed by atoms with Crippen LogP contribution in [0.4, 0.5) is 0 Å². The van der Waals surface area contributed by atoms with Crippen molar-refractivity contribution in [3.05, 3.63) is 0 Å². The van der Waals surface area contributed by atoms with Gasteiger partial charge in [-0.15, -0.1) is 0 Å². The molecule has 0 aliphatic carbocycles. The van der Waals surface area contributed by atoms with E-state index in [1.165, 1.54) is 0 Å². The number of hydrogen-bond acceptors (Lipinski definition) is 5. The summed E-state index contributed by atoms with van der Waals surface area (Å²) in [7, 11) is 0.416. The van der Waals surface area contributed by atoms with Crippen molar-refractivity contribution in [2.24, 2.45) is 0 Å². The Bertz CT molecular complexity index is 242. The highest BCUT2D eigenvalue weighted by molar-refractivity contribution is 7.85. The van der Waals surface area contributed by atoms with E-state index >= 15 is 0 Å². The van der Waals surface area contributed by atoms with Crippen LogP contribution in [0.1, 0.15) is 19.3 Å². The largest absolute Gasteiger partial charge is 0.320 e. The number of rotatable bonds is 9. The van der Waals surface area contributed by atoms with Gasteiger partial charge in [0.15, 0.2) is 0 Å². The Labute approximate surface area is 92.7 Å². The van der Waals surface area contributed by atoms with E-state index in [0.29, 0.717) is 0 Å². The lowest BCUT2D eigenvalue weighted by Gasteiger charge is -2.15. The van der Waals surface area contributed by atoms with Crippen molar-refractivity contribution >= 4 is 10.1 Å². The maximum absolute atomic E-state index is 10.8. The Balaban J connectivity index is 3.64. The minimum Gasteiger partial charge on any atom is -0.320 e. The molecule has 0 aromatic heterocycles. The first kappa shape index (κ1) is 14.8. The molecule has 0 aromatic rings. The van der Waals surface area contributed by atoms with Gasteiger partial charge in [-0.25, -0.2) is 0 Å². The molecule has 0 bridgehead atoms. The maximum Gasteiger partial charge on any atom is 0.264 e. The summed E-state index contributed by atoms with van der Waals surface area (Å²) in [6.07, 6.45) is 4.14. The molecule has 0 rings (SSSR count). The lowest BCUT2D eigenvalue weighted by Crippen LogP contribution is -2.31. The highest BCUT2D eigenvalue weighted by atomic mass is 32.2. The van der Waals surface area contributed by atoms with Crippen LogP contribution in [0.25, 0.3) is 0 Å². The van der Waals surface area contributed by atoms with Gasteiger partial charge in [0.05, 0.1) is 12.9 Å². The second-order valence-corrected chi connectivity index (χ2v) is 5.22.